The molecule has 0 aliphatic carbocycles. The number of para-hydroxylation sites is 2. The van der Waals surface area contributed by atoms with Crippen molar-refractivity contribution in [1.82, 2.24) is 15.2 Å². The van der Waals surface area contributed by atoms with Crippen LogP contribution in [0.5, 0.6) is 0 Å². The second kappa shape index (κ2) is 8.77. The van der Waals surface area contributed by atoms with Crippen LogP contribution in [0.15, 0.2) is 28.7 Å². The normalized spacial score (nSPS) is 18.9. The summed E-state index contributed by atoms with van der Waals surface area (Å²) < 4.78 is 11.3. The third-order valence-electron chi connectivity index (χ3n) is 5.91. The molecule has 1 aromatic heterocycles. The van der Waals surface area contributed by atoms with Crippen LogP contribution >= 0.6 is 0 Å². The number of nitrogens with zero attached hydrogens (tertiary/aromatic N) is 3. The van der Waals surface area contributed by atoms with Gasteiger partial charge < -0.3 is 24.3 Å². The largest absolute Gasteiger partial charge is 0.444 e. The number of oxazole rings is 1. The molecule has 2 amide bonds. The van der Waals surface area contributed by atoms with Gasteiger partial charge in [-0.15, -0.1) is 0 Å². The van der Waals surface area contributed by atoms with Crippen LogP contribution in [-0.2, 0) is 9.53 Å². The summed E-state index contributed by atoms with van der Waals surface area (Å²) in [4.78, 5) is 33.4. The van der Waals surface area contributed by atoms with E-state index < -0.39 is 5.60 Å². The number of amides is 2. The third kappa shape index (κ3) is 5.29. The average molecular weight is 429 g/mol. The maximum atomic E-state index is 12.8. The van der Waals surface area contributed by atoms with E-state index >= 15 is 0 Å². The zero-order valence-corrected chi connectivity index (χ0v) is 18.6. The maximum Gasteiger partial charge on any atom is 0.410 e. The fourth-order valence-corrected chi connectivity index (χ4v) is 4.18. The molecule has 0 atom stereocenters. The van der Waals surface area contributed by atoms with Crippen molar-refractivity contribution >= 4 is 29.1 Å². The highest BCUT2D eigenvalue weighted by Crippen LogP contribution is 2.26. The molecule has 1 N–H and O–H groups in total. The molecule has 168 valence electrons. The van der Waals surface area contributed by atoms with Crippen LogP contribution in [0.25, 0.3) is 11.1 Å². The molecule has 2 aliphatic heterocycles. The number of aromatic nitrogens is 1. The van der Waals surface area contributed by atoms with Gasteiger partial charge >= 0.3 is 6.09 Å². The Morgan fingerprint density at radius 2 is 1.74 bits per heavy atom. The van der Waals surface area contributed by atoms with E-state index in [9.17, 15) is 9.59 Å². The maximum absolute atomic E-state index is 12.8. The first-order valence-corrected chi connectivity index (χ1v) is 11.2. The highest BCUT2D eigenvalue weighted by molar-refractivity contribution is 5.79. The number of benzene rings is 1. The van der Waals surface area contributed by atoms with Crippen LogP contribution in [0.3, 0.4) is 0 Å². The molecule has 2 saturated heterocycles. The van der Waals surface area contributed by atoms with Crippen molar-refractivity contribution in [2.24, 2.45) is 5.92 Å². The van der Waals surface area contributed by atoms with Crippen LogP contribution in [0.2, 0.25) is 0 Å². The van der Waals surface area contributed by atoms with E-state index in [-0.39, 0.29) is 24.0 Å². The van der Waals surface area contributed by atoms with Gasteiger partial charge in [0.05, 0.1) is 0 Å². The Bertz CT molecular complexity index is 886. The molecule has 8 nitrogen and oxygen atoms in total. The third-order valence-corrected chi connectivity index (χ3v) is 5.91. The lowest BCUT2D eigenvalue weighted by atomic mass is 9.95. The molecule has 8 heteroatoms. The minimum atomic E-state index is -0.491. The number of ether oxygens (including phenoxy) is 1. The molecule has 0 bridgehead atoms. The van der Waals surface area contributed by atoms with E-state index in [4.69, 9.17) is 9.15 Å². The smallest absolute Gasteiger partial charge is 0.410 e. The molecule has 2 aliphatic rings. The zero-order valence-electron chi connectivity index (χ0n) is 18.6. The Balaban J connectivity index is 1.22. The van der Waals surface area contributed by atoms with Crippen molar-refractivity contribution in [2.45, 2.75) is 58.1 Å². The number of piperidine rings is 2. The summed E-state index contributed by atoms with van der Waals surface area (Å²) >= 11 is 0. The van der Waals surface area contributed by atoms with Gasteiger partial charge in [-0.25, -0.2) is 4.79 Å². The topological polar surface area (TPSA) is 87.9 Å². The molecule has 2 fully saturated rings. The van der Waals surface area contributed by atoms with Crippen LogP contribution in [0.4, 0.5) is 10.8 Å². The van der Waals surface area contributed by atoms with E-state index in [1.54, 1.807) is 4.90 Å². The second-order valence-electron chi connectivity index (χ2n) is 9.48. The lowest BCUT2D eigenvalue weighted by molar-refractivity contribution is -0.126. The predicted molar refractivity (Wildman–Crippen MR) is 118 cm³/mol. The molecule has 1 aromatic carbocycles. The number of anilines is 1. The van der Waals surface area contributed by atoms with Crippen LogP contribution in [0, 0.1) is 5.92 Å². The van der Waals surface area contributed by atoms with E-state index in [1.807, 2.05) is 45.0 Å². The zero-order chi connectivity index (χ0) is 22.0. The number of nitrogens with one attached hydrogen (secondary N) is 1. The molecule has 0 unspecified atom stereocenters. The number of rotatable bonds is 3. The number of hydrogen-bond donors (Lipinski definition) is 1. The quantitative estimate of drug-likeness (QED) is 0.804. The summed E-state index contributed by atoms with van der Waals surface area (Å²) in [6, 6.07) is 8.49. The first-order valence-electron chi connectivity index (χ1n) is 11.2. The van der Waals surface area contributed by atoms with Crippen LogP contribution in [-0.4, -0.2) is 59.7 Å². The Morgan fingerprint density at radius 3 is 2.39 bits per heavy atom. The van der Waals surface area contributed by atoms with Crippen molar-refractivity contribution in [3.05, 3.63) is 24.3 Å². The van der Waals surface area contributed by atoms with Gasteiger partial charge in [-0.3, -0.25) is 4.79 Å². The SMILES string of the molecule is CC(C)(C)OC(=O)N1CCC(NC(=O)C2CCN(c3nc4ccccc4o3)CC2)CC1. The van der Waals surface area contributed by atoms with Crippen molar-refractivity contribution in [1.29, 1.82) is 0 Å². The van der Waals surface area contributed by atoms with Crippen LogP contribution < -0.4 is 10.2 Å². The lowest BCUT2D eigenvalue weighted by Gasteiger charge is -2.35. The van der Waals surface area contributed by atoms with Crippen molar-refractivity contribution in [3.63, 3.8) is 0 Å². The first-order chi connectivity index (χ1) is 14.8. The van der Waals surface area contributed by atoms with E-state index in [0.717, 1.165) is 49.9 Å². The number of hydrogen-bond acceptors (Lipinski definition) is 6. The number of fused-ring (bicyclic) bond motifs is 1. The molecular weight excluding hydrogens is 396 g/mol. The average Bonchev–Trinajstić information content (AvgIpc) is 3.17. The predicted octanol–water partition coefficient (Wildman–Crippen LogP) is 3.56. The van der Waals surface area contributed by atoms with Gasteiger partial charge in [-0.1, -0.05) is 12.1 Å². The highest BCUT2D eigenvalue weighted by atomic mass is 16.6. The van der Waals surface area contributed by atoms with Gasteiger partial charge in [0.1, 0.15) is 11.1 Å². The summed E-state index contributed by atoms with van der Waals surface area (Å²) in [6.45, 7) is 8.32. The van der Waals surface area contributed by atoms with E-state index in [1.165, 1.54) is 0 Å². The molecule has 0 radical (unpaired) electrons. The van der Waals surface area contributed by atoms with Crippen molar-refractivity contribution < 1.29 is 18.7 Å². The Labute approximate surface area is 182 Å². The van der Waals surface area contributed by atoms with Gasteiger partial charge in [0.15, 0.2) is 5.58 Å². The molecule has 2 aromatic rings. The first kappa shape index (κ1) is 21.5. The summed E-state index contributed by atoms with van der Waals surface area (Å²) in [5.41, 5.74) is 1.15. The summed E-state index contributed by atoms with van der Waals surface area (Å²) in [5.74, 6) is 0.123. The van der Waals surface area contributed by atoms with Gasteiger partial charge in [0.2, 0.25) is 5.91 Å². The Hall–Kier alpha value is -2.77. The minimum absolute atomic E-state index is 0.00418. The molecule has 0 spiro atoms. The highest BCUT2D eigenvalue weighted by Gasteiger charge is 2.31. The van der Waals surface area contributed by atoms with E-state index in [2.05, 4.69) is 15.2 Å². The van der Waals surface area contributed by atoms with Gasteiger partial charge in [0, 0.05) is 38.1 Å². The Morgan fingerprint density at radius 1 is 1.06 bits per heavy atom. The summed E-state index contributed by atoms with van der Waals surface area (Å²) in [6.07, 6.45) is 2.80. The number of likely N-dealkylation sites (tertiary alicyclic amines) is 1. The fraction of sp³-hybridized carbons (Fsp3) is 0.609. The van der Waals surface area contributed by atoms with Gasteiger partial charge in [-0.05, 0) is 58.6 Å². The fourth-order valence-electron chi connectivity index (χ4n) is 4.18. The van der Waals surface area contributed by atoms with Gasteiger partial charge in [-0.2, -0.15) is 4.98 Å². The van der Waals surface area contributed by atoms with Gasteiger partial charge in [0.25, 0.3) is 6.01 Å². The monoisotopic (exact) mass is 428 g/mol. The second-order valence-corrected chi connectivity index (χ2v) is 9.48. The Kier molecular flexibility index (Phi) is 6.07. The number of carbonyl (C=O) groups excluding carboxylic acids is 2. The number of carbonyl (C=O) groups is 2. The molecule has 0 saturated carbocycles. The minimum Gasteiger partial charge on any atom is -0.444 e. The van der Waals surface area contributed by atoms with Crippen LogP contribution in [0.1, 0.15) is 46.5 Å². The molecule has 31 heavy (non-hydrogen) atoms. The standard InChI is InChI=1S/C23H32N4O4/c1-23(2,3)31-22(29)27-14-10-17(11-15-27)24-20(28)16-8-12-26(13-9-16)21-25-18-6-4-5-7-19(18)30-21/h4-7,16-17H,8-15H2,1-3H3,(H,24,28). The summed E-state index contributed by atoms with van der Waals surface area (Å²) in [5, 5.41) is 3.20. The molecular formula is C23H32N4O4. The molecule has 4 rings (SSSR count). The molecule has 3 heterocycles. The van der Waals surface area contributed by atoms with Crippen molar-refractivity contribution in [2.75, 3.05) is 31.1 Å². The summed E-state index contributed by atoms with van der Waals surface area (Å²) in [7, 11) is 0. The van der Waals surface area contributed by atoms with E-state index in [0.29, 0.717) is 19.1 Å². The lowest BCUT2D eigenvalue weighted by Crippen LogP contribution is -2.50. The van der Waals surface area contributed by atoms with Crippen molar-refractivity contribution in [3.8, 4) is 0 Å².